The zero-order valence-corrected chi connectivity index (χ0v) is 11.6. The number of nitrogens with one attached hydrogen (secondary N) is 1. The van der Waals surface area contributed by atoms with Crippen molar-refractivity contribution < 1.29 is 4.74 Å². The highest BCUT2D eigenvalue weighted by molar-refractivity contribution is 5.40. The lowest BCUT2D eigenvalue weighted by atomic mass is 10.2. The van der Waals surface area contributed by atoms with Gasteiger partial charge in [0.15, 0.2) is 0 Å². The largest absolute Gasteiger partial charge is 0.467 e. The number of hydrazine groups is 1. The molecule has 2 rings (SSSR count). The van der Waals surface area contributed by atoms with Gasteiger partial charge >= 0.3 is 6.01 Å². The van der Waals surface area contributed by atoms with Gasteiger partial charge in [0.05, 0.1) is 7.11 Å². The van der Waals surface area contributed by atoms with Gasteiger partial charge in [0.2, 0.25) is 11.9 Å². The minimum Gasteiger partial charge on any atom is -0.467 e. The predicted octanol–water partition coefficient (Wildman–Crippen LogP) is -0.304. The van der Waals surface area contributed by atoms with Crippen molar-refractivity contribution in [2.75, 3.05) is 44.6 Å². The molecule has 0 bridgehead atoms. The fourth-order valence-corrected chi connectivity index (χ4v) is 2.34. The fraction of sp³-hybridized carbons (Fsp3) is 0.727. The molecule has 3 N–H and O–H groups in total. The molecule has 0 aliphatic carbocycles. The zero-order valence-electron chi connectivity index (χ0n) is 11.6. The molecule has 0 amide bonds. The second-order valence-electron chi connectivity index (χ2n) is 4.84. The smallest absolute Gasteiger partial charge is 0.322 e. The molecule has 19 heavy (non-hydrogen) atoms. The summed E-state index contributed by atoms with van der Waals surface area (Å²) in [4.78, 5) is 17.0. The van der Waals surface area contributed by atoms with E-state index in [-0.39, 0.29) is 6.01 Å². The van der Waals surface area contributed by atoms with Crippen molar-refractivity contribution in [2.45, 2.75) is 18.9 Å². The van der Waals surface area contributed by atoms with E-state index in [1.807, 2.05) is 0 Å². The molecule has 1 aromatic rings. The number of rotatable bonds is 5. The number of likely N-dealkylation sites (N-methyl/N-ethyl adjacent to an activating group) is 1. The normalized spacial score (nSPS) is 19.0. The average Bonchev–Trinajstić information content (AvgIpc) is 2.85. The van der Waals surface area contributed by atoms with Crippen LogP contribution in [-0.4, -0.2) is 60.2 Å². The Morgan fingerprint density at radius 2 is 2.21 bits per heavy atom. The van der Waals surface area contributed by atoms with Gasteiger partial charge in [0.25, 0.3) is 0 Å². The van der Waals surface area contributed by atoms with E-state index in [2.05, 4.69) is 44.3 Å². The standard InChI is InChI=1S/C11H21N7O/c1-17(2)7-8-5-4-6-18(8)10-13-9(16-12)14-11(15-10)19-3/h8H,4-7,12H2,1-3H3,(H,13,14,15,16). The molecule has 0 aromatic carbocycles. The molecule has 1 aliphatic heterocycles. The Labute approximate surface area is 112 Å². The third-order valence-electron chi connectivity index (χ3n) is 3.12. The van der Waals surface area contributed by atoms with E-state index in [1.165, 1.54) is 7.11 Å². The zero-order chi connectivity index (χ0) is 13.8. The fourth-order valence-electron chi connectivity index (χ4n) is 2.34. The van der Waals surface area contributed by atoms with E-state index in [9.17, 15) is 0 Å². The summed E-state index contributed by atoms with van der Waals surface area (Å²) in [6, 6.07) is 0.682. The number of ether oxygens (including phenoxy) is 1. The van der Waals surface area contributed by atoms with Gasteiger partial charge in [0, 0.05) is 19.1 Å². The summed E-state index contributed by atoms with van der Waals surface area (Å²) in [5, 5.41) is 0. The summed E-state index contributed by atoms with van der Waals surface area (Å²) in [7, 11) is 5.66. The molecule has 1 aromatic heterocycles. The van der Waals surface area contributed by atoms with Gasteiger partial charge in [-0.2, -0.15) is 15.0 Å². The Morgan fingerprint density at radius 3 is 2.84 bits per heavy atom. The third-order valence-corrected chi connectivity index (χ3v) is 3.12. The first kappa shape index (κ1) is 13.8. The number of hydrogen-bond acceptors (Lipinski definition) is 8. The molecule has 1 saturated heterocycles. The number of methoxy groups -OCH3 is 1. The minimum absolute atomic E-state index is 0.272. The first-order chi connectivity index (χ1) is 9.13. The lowest BCUT2D eigenvalue weighted by Gasteiger charge is -2.27. The van der Waals surface area contributed by atoms with Crippen LogP contribution in [0.3, 0.4) is 0 Å². The molecule has 1 aliphatic rings. The van der Waals surface area contributed by atoms with Gasteiger partial charge in [-0.1, -0.05) is 0 Å². The van der Waals surface area contributed by atoms with E-state index in [0.717, 1.165) is 25.9 Å². The highest BCUT2D eigenvalue weighted by Gasteiger charge is 2.28. The first-order valence-corrected chi connectivity index (χ1v) is 6.32. The van der Waals surface area contributed by atoms with Gasteiger partial charge in [-0.3, -0.25) is 5.43 Å². The van der Waals surface area contributed by atoms with Crippen LogP contribution in [0.4, 0.5) is 11.9 Å². The van der Waals surface area contributed by atoms with E-state index in [1.54, 1.807) is 0 Å². The lowest BCUT2D eigenvalue weighted by Crippen LogP contribution is -2.38. The van der Waals surface area contributed by atoms with E-state index >= 15 is 0 Å². The molecule has 106 valence electrons. The molecule has 8 heteroatoms. The molecule has 2 heterocycles. The van der Waals surface area contributed by atoms with Gasteiger partial charge in [-0.25, -0.2) is 5.84 Å². The molecular formula is C11H21N7O. The molecular weight excluding hydrogens is 246 g/mol. The van der Waals surface area contributed by atoms with Crippen LogP contribution in [0.1, 0.15) is 12.8 Å². The molecule has 0 spiro atoms. The summed E-state index contributed by atoms with van der Waals surface area (Å²) in [6.45, 7) is 1.91. The minimum atomic E-state index is 0.272. The highest BCUT2D eigenvalue weighted by Crippen LogP contribution is 2.24. The van der Waals surface area contributed by atoms with Gasteiger partial charge < -0.3 is 14.5 Å². The van der Waals surface area contributed by atoms with Crippen LogP contribution in [0.15, 0.2) is 0 Å². The van der Waals surface area contributed by atoms with Crippen LogP contribution in [0.2, 0.25) is 0 Å². The summed E-state index contributed by atoms with van der Waals surface area (Å²) in [5.74, 6) is 6.30. The van der Waals surface area contributed by atoms with E-state index in [4.69, 9.17) is 10.6 Å². The van der Waals surface area contributed by atoms with Crippen molar-refractivity contribution in [2.24, 2.45) is 5.84 Å². The second-order valence-corrected chi connectivity index (χ2v) is 4.84. The summed E-state index contributed by atoms with van der Waals surface area (Å²) in [5.41, 5.74) is 2.44. The molecule has 1 fully saturated rings. The number of nitrogens with zero attached hydrogens (tertiary/aromatic N) is 5. The third kappa shape index (κ3) is 3.21. The van der Waals surface area contributed by atoms with Crippen LogP contribution in [0.5, 0.6) is 6.01 Å². The Hall–Kier alpha value is -1.67. The van der Waals surface area contributed by atoms with Crippen LogP contribution in [-0.2, 0) is 0 Å². The first-order valence-electron chi connectivity index (χ1n) is 6.32. The lowest BCUT2D eigenvalue weighted by molar-refractivity contribution is 0.366. The number of nitrogen functional groups attached to an aromatic ring is 1. The molecule has 0 saturated carbocycles. The van der Waals surface area contributed by atoms with E-state index < -0.39 is 0 Å². The second kappa shape index (κ2) is 5.98. The summed E-state index contributed by atoms with van der Waals surface area (Å²) >= 11 is 0. The summed E-state index contributed by atoms with van der Waals surface area (Å²) < 4.78 is 5.08. The Bertz CT molecular complexity index is 403. The van der Waals surface area contributed by atoms with Gasteiger partial charge in [-0.05, 0) is 26.9 Å². The van der Waals surface area contributed by atoms with Crippen molar-refractivity contribution in [3.63, 3.8) is 0 Å². The van der Waals surface area contributed by atoms with Crippen molar-refractivity contribution in [1.29, 1.82) is 0 Å². The van der Waals surface area contributed by atoms with Crippen LogP contribution < -0.4 is 20.9 Å². The molecule has 8 nitrogen and oxygen atoms in total. The van der Waals surface area contributed by atoms with Crippen molar-refractivity contribution in [3.05, 3.63) is 0 Å². The Morgan fingerprint density at radius 1 is 1.42 bits per heavy atom. The molecule has 1 atom stereocenters. The number of aromatic nitrogens is 3. The Kier molecular flexibility index (Phi) is 4.33. The van der Waals surface area contributed by atoms with E-state index in [0.29, 0.717) is 17.9 Å². The highest BCUT2D eigenvalue weighted by atomic mass is 16.5. The van der Waals surface area contributed by atoms with Crippen LogP contribution >= 0.6 is 0 Å². The number of hydrogen-bond donors (Lipinski definition) is 2. The van der Waals surface area contributed by atoms with Crippen LogP contribution in [0, 0.1) is 0 Å². The van der Waals surface area contributed by atoms with Crippen molar-refractivity contribution >= 4 is 11.9 Å². The van der Waals surface area contributed by atoms with Crippen LogP contribution in [0.25, 0.3) is 0 Å². The van der Waals surface area contributed by atoms with Gasteiger partial charge in [0.1, 0.15) is 0 Å². The molecule has 0 radical (unpaired) electrons. The maximum Gasteiger partial charge on any atom is 0.322 e. The molecule has 1 unspecified atom stereocenters. The van der Waals surface area contributed by atoms with Gasteiger partial charge in [-0.15, -0.1) is 0 Å². The van der Waals surface area contributed by atoms with Crippen molar-refractivity contribution in [1.82, 2.24) is 19.9 Å². The quantitative estimate of drug-likeness (QED) is 0.555. The maximum absolute atomic E-state index is 5.37. The number of nitrogens with two attached hydrogens (primary N) is 1. The Balaban J connectivity index is 2.24. The maximum atomic E-state index is 5.37. The predicted molar refractivity (Wildman–Crippen MR) is 73.1 cm³/mol. The topological polar surface area (TPSA) is 92.4 Å². The number of anilines is 2. The SMILES string of the molecule is COc1nc(NN)nc(N2CCCC2CN(C)C)n1. The summed E-state index contributed by atoms with van der Waals surface area (Å²) in [6.07, 6.45) is 2.27. The van der Waals surface area contributed by atoms with Crippen molar-refractivity contribution in [3.8, 4) is 6.01 Å². The monoisotopic (exact) mass is 267 g/mol. The average molecular weight is 267 g/mol.